The van der Waals surface area contributed by atoms with Crippen molar-refractivity contribution in [1.82, 2.24) is 0 Å². The van der Waals surface area contributed by atoms with Gasteiger partial charge >= 0.3 is 6.18 Å². The molecule has 1 aliphatic heterocycles. The number of phenolic OH excluding ortho intramolecular Hbond substituents is 1. The van der Waals surface area contributed by atoms with Gasteiger partial charge in [-0.15, -0.1) is 0 Å². The highest BCUT2D eigenvalue weighted by molar-refractivity contribution is 5.96. The molecule has 0 radical (unpaired) electrons. The largest absolute Gasteiger partial charge is 0.505 e. The number of hydrogen-bond acceptors (Lipinski definition) is 5. The predicted molar refractivity (Wildman–Crippen MR) is 110 cm³/mol. The van der Waals surface area contributed by atoms with Crippen LogP contribution in [0.2, 0.25) is 0 Å². The Bertz CT molecular complexity index is 1040. The quantitative estimate of drug-likeness (QED) is 0.506. The number of phenols is 1. The molecule has 4 rings (SSSR count). The maximum absolute atomic E-state index is 14.2. The summed E-state index contributed by atoms with van der Waals surface area (Å²) < 4.78 is 56.6. The van der Waals surface area contributed by atoms with Crippen LogP contribution in [0.25, 0.3) is 0 Å². The summed E-state index contributed by atoms with van der Waals surface area (Å²) in [6, 6.07) is 5.51. The van der Waals surface area contributed by atoms with Crippen molar-refractivity contribution in [1.29, 1.82) is 0 Å². The van der Waals surface area contributed by atoms with Gasteiger partial charge in [0.1, 0.15) is 6.17 Å². The molecule has 0 spiro atoms. The normalized spacial score (nSPS) is 27.3. The van der Waals surface area contributed by atoms with Gasteiger partial charge in [0.05, 0.1) is 6.04 Å². The fraction of sp³-hybridized carbons (Fsp3) is 0.409. The third-order valence-electron chi connectivity index (χ3n) is 6.14. The summed E-state index contributed by atoms with van der Waals surface area (Å²) >= 11 is 0. The molecule has 0 fully saturated rings. The van der Waals surface area contributed by atoms with E-state index >= 15 is 0 Å². The number of halogens is 4. The topological polar surface area (TPSA) is 76.9 Å². The standard InChI is InChI=1S/C22H23F4N3O2/c1-3-12-9-21(31,22(24,25)26)20(13-7-8-15(23)19(30)18(12)13)29-17-6-4-5-16-14(17)10-27-11(2)28-16/h4-8,10-12,20,28-31H,3,9H2,1-2H3/t11?,12-,20+,21-/m1/s1. The van der Waals surface area contributed by atoms with Crippen molar-refractivity contribution in [3.63, 3.8) is 0 Å². The number of benzene rings is 2. The lowest BCUT2D eigenvalue weighted by Gasteiger charge is -2.46. The molecule has 5 nitrogen and oxygen atoms in total. The van der Waals surface area contributed by atoms with Crippen molar-refractivity contribution >= 4 is 17.6 Å². The predicted octanol–water partition coefficient (Wildman–Crippen LogP) is 5.07. The van der Waals surface area contributed by atoms with E-state index in [1.165, 1.54) is 6.07 Å². The molecule has 4 N–H and O–H groups in total. The van der Waals surface area contributed by atoms with E-state index in [2.05, 4.69) is 15.6 Å². The van der Waals surface area contributed by atoms with E-state index in [1.807, 2.05) is 6.92 Å². The van der Waals surface area contributed by atoms with Gasteiger partial charge in [-0.3, -0.25) is 4.99 Å². The molecule has 2 aromatic carbocycles. The summed E-state index contributed by atoms with van der Waals surface area (Å²) in [5, 5.41) is 27.3. The first-order valence-electron chi connectivity index (χ1n) is 10.1. The average Bonchev–Trinajstić information content (AvgIpc) is 2.71. The number of aliphatic imine (C=N–C) groups is 1. The van der Waals surface area contributed by atoms with Gasteiger partial charge in [0.25, 0.3) is 0 Å². The lowest BCUT2D eigenvalue weighted by molar-refractivity contribution is -0.272. The van der Waals surface area contributed by atoms with E-state index in [0.29, 0.717) is 16.9 Å². The number of fused-ring (bicyclic) bond motifs is 2. The van der Waals surface area contributed by atoms with Gasteiger partial charge < -0.3 is 20.8 Å². The van der Waals surface area contributed by atoms with Crippen LogP contribution in [-0.2, 0) is 0 Å². The first-order valence-corrected chi connectivity index (χ1v) is 10.1. The lowest BCUT2D eigenvalue weighted by atomic mass is 9.69. The fourth-order valence-corrected chi connectivity index (χ4v) is 4.52. The molecule has 2 aliphatic rings. The Morgan fingerprint density at radius 3 is 2.68 bits per heavy atom. The molecule has 166 valence electrons. The van der Waals surface area contributed by atoms with E-state index < -0.39 is 41.7 Å². The minimum Gasteiger partial charge on any atom is -0.505 e. The van der Waals surface area contributed by atoms with Gasteiger partial charge in [0, 0.05) is 28.7 Å². The number of alkyl halides is 3. The number of nitrogens with one attached hydrogen (secondary N) is 2. The summed E-state index contributed by atoms with van der Waals surface area (Å²) in [6.07, 6.45) is -4.09. The van der Waals surface area contributed by atoms with E-state index in [-0.39, 0.29) is 23.7 Å². The first kappa shape index (κ1) is 21.4. The van der Waals surface area contributed by atoms with Crippen LogP contribution >= 0.6 is 0 Å². The highest BCUT2D eigenvalue weighted by atomic mass is 19.4. The second-order valence-electron chi connectivity index (χ2n) is 8.07. The summed E-state index contributed by atoms with van der Waals surface area (Å²) in [5.74, 6) is -2.44. The highest BCUT2D eigenvalue weighted by Gasteiger charge is 2.62. The van der Waals surface area contributed by atoms with Crippen LogP contribution in [0.5, 0.6) is 5.75 Å². The Morgan fingerprint density at radius 2 is 2.00 bits per heavy atom. The van der Waals surface area contributed by atoms with Gasteiger partial charge in [-0.1, -0.05) is 19.1 Å². The third-order valence-corrected chi connectivity index (χ3v) is 6.14. The Balaban J connectivity index is 1.88. The molecular weight excluding hydrogens is 414 g/mol. The summed E-state index contributed by atoms with van der Waals surface area (Å²) in [7, 11) is 0. The summed E-state index contributed by atoms with van der Waals surface area (Å²) in [6.45, 7) is 3.47. The molecule has 0 amide bonds. The number of hydrogen-bond donors (Lipinski definition) is 4. The van der Waals surface area contributed by atoms with Crippen molar-refractivity contribution in [3.8, 4) is 5.75 Å². The molecule has 1 heterocycles. The zero-order chi connectivity index (χ0) is 22.6. The highest BCUT2D eigenvalue weighted by Crippen LogP contribution is 2.55. The average molecular weight is 437 g/mol. The maximum Gasteiger partial charge on any atom is 0.419 e. The van der Waals surface area contributed by atoms with E-state index in [0.717, 1.165) is 6.07 Å². The second kappa shape index (κ2) is 7.40. The number of aromatic hydroxyl groups is 1. The third kappa shape index (κ3) is 3.40. The van der Waals surface area contributed by atoms with Crippen molar-refractivity contribution in [3.05, 3.63) is 52.8 Å². The van der Waals surface area contributed by atoms with Crippen LogP contribution in [0.3, 0.4) is 0 Å². The van der Waals surface area contributed by atoms with Crippen LogP contribution in [-0.4, -0.2) is 34.4 Å². The van der Waals surface area contributed by atoms with Crippen molar-refractivity contribution in [2.45, 2.75) is 56.6 Å². The molecule has 9 heteroatoms. The smallest absolute Gasteiger partial charge is 0.419 e. The minimum atomic E-state index is -4.96. The van der Waals surface area contributed by atoms with Gasteiger partial charge in [-0.2, -0.15) is 13.2 Å². The van der Waals surface area contributed by atoms with Crippen LogP contribution in [0.1, 0.15) is 55.3 Å². The Hall–Kier alpha value is -2.81. The number of aliphatic hydroxyl groups is 1. The molecule has 2 aromatic rings. The summed E-state index contributed by atoms with van der Waals surface area (Å²) in [4.78, 5) is 4.25. The Morgan fingerprint density at radius 1 is 1.26 bits per heavy atom. The fourth-order valence-electron chi connectivity index (χ4n) is 4.52. The lowest BCUT2D eigenvalue weighted by Crippen LogP contribution is -2.55. The Kier molecular flexibility index (Phi) is 5.12. The van der Waals surface area contributed by atoms with Gasteiger partial charge in [-0.25, -0.2) is 4.39 Å². The molecule has 0 saturated heterocycles. The molecule has 1 unspecified atom stereocenters. The molecule has 31 heavy (non-hydrogen) atoms. The molecule has 0 aromatic heterocycles. The van der Waals surface area contributed by atoms with Gasteiger partial charge in [-0.05, 0) is 49.4 Å². The van der Waals surface area contributed by atoms with Crippen LogP contribution in [0, 0.1) is 5.82 Å². The zero-order valence-electron chi connectivity index (χ0n) is 17.0. The van der Waals surface area contributed by atoms with Crippen molar-refractivity contribution < 1.29 is 27.8 Å². The summed E-state index contributed by atoms with van der Waals surface area (Å²) in [5.41, 5.74) is -1.44. The van der Waals surface area contributed by atoms with Crippen molar-refractivity contribution in [2.75, 3.05) is 10.6 Å². The number of anilines is 2. The molecule has 1 aliphatic carbocycles. The molecule has 0 bridgehead atoms. The first-order chi connectivity index (χ1) is 14.6. The molecular formula is C22H23F4N3O2. The van der Waals surface area contributed by atoms with Gasteiger partial charge in [0.2, 0.25) is 0 Å². The second-order valence-corrected chi connectivity index (χ2v) is 8.07. The van der Waals surface area contributed by atoms with E-state index in [4.69, 9.17) is 0 Å². The van der Waals surface area contributed by atoms with E-state index in [9.17, 15) is 27.8 Å². The maximum atomic E-state index is 14.2. The molecule has 0 saturated carbocycles. The zero-order valence-corrected chi connectivity index (χ0v) is 17.0. The van der Waals surface area contributed by atoms with Crippen LogP contribution in [0.4, 0.5) is 28.9 Å². The Labute approximate surface area is 176 Å². The number of nitrogens with zero attached hydrogens (tertiary/aromatic N) is 1. The van der Waals surface area contributed by atoms with E-state index in [1.54, 1.807) is 31.3 Å². The van der Waals surface area contributed by atoms with Crippen molar-refractivity contribution in [2.24, 2.45) is 4.99 Å². The SMILES string of the molecule is CC[C@@H]1C[C@](O)(C(F)(F)F)[C@@H](Nc2cccc3c2C=NC(C)N3)c2ccc(F)c(O)c21. The monoisotopic (exact) mass is 437 g/mol. The van der Waals surface area contributed by atoms with Gasteiger partial charge in [0.15, 0.2) is 17.2 Å². The molecule has 4 atom stereocenters. The van der Waals surface area contributed by atoms with Crippen LogP contribution in [0.15, 0.2) is 35.3 Å². The number of rotatable bonds is 3. The van der Waals surface area contributed by atoms with Crippen LogP contribution < -0.4 is 10.6 Å². The minimum absolute atomic E-state index is 0.0171.